The molecule has 3 N–H and O–H groups in total. The summed E-state index contributed by atoms with van der Waals surface area (Å²) in [6.07, 6.45) is 1.43. The van der Waals surface area contributed by atoms with E-state index < -0.39 is 6.04 Å². The molecule has 0 aliphatic carbocycles. The lowest BCUT2D eigenvalue weighted by Gasteiger charge is -2.19. The van der Waals surface area contributed by atoms with Gasteiger partial charge in [0.1, 0.15) is 0 Å². The summed E-state index contributed by atoms with van der Waals surface area (Å²) in [6.45, 7) is 4.65. The molecule has 1 aromatic carbocycles. The van der Waals surface area contributed by atoms with E-state index in [1.807, 2.05) is 38.1 Å². The molecule has 1 amide bonds. The van der Waals surface area contributed by atoms with Gasteiger partial charge in [-0.2, -0.15) is 0 Å². The molecule has 0 aliphatic heterocycles. The second kappa shape index (κ2) is 7.92. The molecule has 1 unspecified atom stereocenters. The molecular weight excluding hydrogens is 240 g/mol. The van der Waals surface area contributed by atoms with Crippen molar-refractivity contribution in [3.05, 3.63) is 35.4 Å². The minimum Gasteiger partial charge on any atom is -0.385 e. The molecule has 0 spiro atoms. The molecule has 1 rings (SSSR count). The Morgan fingerprint density at radius 3 is 2.74 bits per heavy atom. The number of methoxy groups -OCH3 is 1. The van der Waals surface area contributed by atoms with Crippen LogP contribution in [0.15, 0.2) is 24.3 Å². The van der Waals surface area contributed by atoms with E-state index in [9.17, 15) is 4.79 Å². The van der Waals surface area contributed by atoms with Gasteiger partial charge < -0.3 is 15.8 Å². The Hall–Kier alpha value is -1.39. The number of carbonyl (C=O) groups excluding carboxylic acids is 1. The van der Waals surface area contributed by atoms with Crippen LogP contribution < -0.4 is 11.1 Å². The third-order valence-electron chi connectivity index (χ3n) is 3.21. The van der Waals surface area contributed by atoms with E-state index in [2.05, 4.69) is 5.32 Å². The fourth-order valence-corrected chi connectivity index (χ4v) is 2.05. The Labute approximate surface area is 115 Å². The molecule has 0 saturated carbocycles. The van der Waals surface area contributed by atoms with Crippen LogP contribution in [-0.4, -0.2) is 25.7 Å². The minimum absolute atomic E-state index is 0.0258. The molecule has 106 valence electrons. The van der Waals surface area contributed by atoms with Crippen LogP contribution >= 0.6 is 0 Å². The molecule has 0 bridgehead atoms. The monoisotopic (exact) mass is 264 g/mol. The van der Waals surface area contributed by atoms with Gasteiger partial charge in [-0.15, -0.1) is 0 Å². The van der Waals surface area contributed by atoms with Gasteiger partial charge in [-0.1, -0.05) is 24.3 Å². The zero-order valence-electron chi connectivity index (χ0n) is 12.0. The lowest BCUT2D eigenvalue weighted by molar-refractivity contribution is -0.123. The topological polar surface area (TPSA) is 64.3 Å². The fourth-order valence-electron chi connectivity index (χ4n) is 2.05. The maximum atomic E-state index is 12.0. The molecule has 0 fully saturated rings. The van der Waals surface area contributed by atoms with E-state index in [1.54, 1.807) is 7.11 Å². The van der Waals surface area contributed by atoms with Crippen LogP contribution in [0.25, 0.3) is 0 Å². The van der Waals surface area contributed by atoms with E-state index >= 15 is 0 Å². The molecule has 0 radical (unpaired) electrons. The summed E-state index contributed by atoms with van der Waals surface area (Å²) in [4.78, 5) is 12.0. The average molecular weight is 264 g/mol. The molecule has 0 aromatic heterocycles. The van der Waals surface area contributed by atoms with Crippen molar-refractivity contribution in [2.24, 2.45) is 5.73 Å². The standard InChI is InChI=1S/C15H24N2O2/c1-11-7-4-5-8-13(11)12(2)17-15(18)14(16)9-6-10-19-3/h4-5,7-8,12,14H,6,9-10,16H2,1-3H3,(H,17,18)/t12-,14?/m0/s1. The van der Waals surface area contributed by atoms with Crippen molar-refractivity contribution < 1.29 is 9.53 Å². The molecule has 4 heteroatoms. The van der Waals surface area contributed by atoms with E-state index in [-0.39, 0.29) is 11.9 Å². The number of hydrogen-bond donors (Lipinski definition) is 2. The quantitative estimate of drug-likeness (QED) is 0.740. The van der Waals surface area contributed by atoms with Crippen LogP contribution in [-0.2, 0) is 9.53 Å². The van der Waals surface area contributed by atoms with Gasteiger partial charge in [0.05, 0.1) is 12.1 Å². The number of benzene rings is 1. The van der Waals surface area contributed by atoms with E-state index in [4.69, 9.17) is 10.5 Å². The van der Waals surface area contributed by atoms with Crippen molar-refractivity contribution in [2.75, 3.05) is 13.7 Å². The van der Waals surface area contributed by atoms with E-state index in [1.165, 1.54) is 5.56 Å². The number of amides is 1. The molecule has 1 aromatic rings. The SMILES string of the molecule is COCCCC(N)C(=O)N[C@@H](C)c1ccccc1C. The van der Waals surface area contributed by atoms with Crippen LogP contribution in [0.5, 0.6) is 0 Å². The van der Waals surface area contributed by atoms with Crippen LogP contribution in [0, 0.1) is 6.92 Å². The maximum absolute atomic E-state index is 12.0. The Morgan fingerprint density at radius 2 is 2.11 bits per heavy atom. The Kier molecular flexibility index (Phi) is 6.53. The number of ether oxygens (including phenoxy) is 1. The predicted molar refractivity (Wildman–Crippen MR) is 76.8 cm³/mol. The summed E-state index contributed by atoms with van der Waals surface area (Å²) in [5.74, 6) is -0.105. The van der Waals surface area contributed by atoms with E-state index in [0.717, 1.165) is 12.0 Å². The van der Waals surface area contributed by atoms with E-state index in [0.29, 0.717) is 13.0 Å². The molecular formula is C15H24N2O2. The van der Waals surface area contributed by atoms with Crippen molar-refractivity contribution in [3.63, 3.8) is 0 Å². The third kappa shape index (κ3) is 5.01. The molecule has 0 heterocycles. The third-order valence-corrected chi connectivity index (χ3v) is 3.21. The van der Waals surface area contributed by atoms with Crippen molar-refractivity contribution in [1.29, 1.82) is 0 Å². The highest BCUT2D eigenvalue weighted by Crippen LogP contribution is 2.16. The van der Waals surface area contributed by atoms with Crippen molar-refractivity contribution in [1.82, 2.24) is 5.32 Å². The Balaban J connectivity index is 2.50. The molecule has 0 aliphatic rings. The molecule has 2 atom stereocenters. The number of aryl methyl sites for hydroxylation is 1. The van der Waals surface area contributed by atoms with Crippen LogP contribution in [0.4, 0.5) is 0 Å². The Bertz CT molecular complexity index is 407. The highest BCUT2D eigenvalue weighted by molar-refractivity contribution is 5.81. The van der Waals surface area contributed by atoms with Gasteiger partial charge in [-0.05, 0) is 37.8 Å². The second-order valence-electron chi connectivity index (χ2n) is 4.83. The van der Waals surface area contributed by atoms with Gasteiger partial charge in [0, 0.05) is 13.7 Å². The highest BCUT2D eigenvalue weighted by Gasteiger charge is 2.16. The fraction of sp³-hybridized carbons (Fsp3) is 0.533. The van der Waals surface area contributed by atoms with Crippen LogP contribution in [0.2, 0.25) is 0 Å². The smallest absolute Gasteiger partial charge is 0.237 e. The summed E-state index contributed by atoms with van der Waals surface area (Å²) in [5.41, 5.74) is 8.15. The first kappa shape index (κ1) is 15.7. The van der Waals surface area contributed by atoms with Gasteiger partial charge in [-0.3, -0.25) is 4.79 Å². The summed E-state index contributed by atoms with van der Waals surface area (Å²) in [6, 6.07) is 7.53. The number of rotatable bonds is 7. The largest absolute Gasteiger partial charge is 0.385 e. The summed E-state index contributed by atoms with van der Waals surface area (Å²) in [5, 5.41) is 2.96. The second-order valence-corrected chi connectivity index (χ2v) is 4.83. The van der Waals surface area contributed by atoms with Gasteiger partial charge in [0.25, 0.3) is 0 Å². The summed E-state index contributed by atoms with van der Waals surface area (Å²) < 4.78 is 4.95. The summed E-state index contributed by atoms with van der Waals surface area (Å²) >= 11 is 0. The first-order valence-corrected chi connectivity index (χ1v) is 6.66. The highest BCUT2D eigenvalue weighted by atomic mass is 16.5. The first-order valence-electron chi connectivity index (χ1n) is 6.66. The number of nitrogens with one attached hydrogen (secondary N) is 1. The van der Waals surface area contributed by atoms with Gasteiger partial charge >= 0.3 is 0 Å². The lowest BCUT2D eigenvalue weighted by Crippen LogP contribution is -2.41. The number of nitrogens with two attached hydrogens (primary N) is 1. The number of carbonyl (C=O) groups is 1. The normalized spacial score (nSPS) is 13.9. The molecule has 19 heavy (non-hydrogen) atoms. The van der Waals surface area contributed by atoms with Gasteiger partial charge in [0.2, 0.25) is 5.91 Å². The Morgan fingerprint density at radius 1 is 1.42 bits per heavy atom. The molecule has 0 saturated heterocycles. The maximum Gasteiger partial charge on any atom is 0.237 e. The van der Waals surface area contributed by atoms with Crippen LogP contribution in [0.3, 0.4) is 0 Å². The minimum atomic E-state index is -0.471. The number of hydrogen-bond acceptors (Lipinski definition) is 3. The van der Waals surface area contributed by atoms with Crippen molar-refractivity contribution in [2.45, 2.75) is 38.8 Å². The van der Waals surface area contributed by atoms with Gasteiger partial charge in [0.15, 0.2) is 0 Å². The zero-order valence-corrected chi connectivity index (χ0v) is 12.0. The average Bonchev–Trinajstić information content (AvgIpc) is 2.39. The van der Waals surface area contributed by atoms with Gasteiger partial charge in [-0.25, -0.2) is 0 Å². The zero-order chi connectivity index (χ0) is 14.3. The van der Waals surface area contributed by atoms with Crippen molar-refractivity contribution >= 4 is 5.91 Å². The first-order chi connectivity index (χ1) is 9.06. The van der Waals surface area contributed by atoms with Crippen molar-refractivity contribution in [3.8, 4) is 0 Å². The molecule has 4 nitrogen and oxygen atoms in total. The summed E-state index contributed by atoms with van der Waals surface area (Å²) in [7, 11) is 1.64. The van der Waals surface area contributed by atoms with Crippen LogP contribution in [0.1, 0.15) is 36.9 Å². The predicted octanol–water partition coefficient (Wildman–Crippen LogP) is 1.93. The lowest BCUT2D eigenvalue weighted by atomic mass is 10.0.